The monoisotopic (exact) mass is 214 g/mol. The molecule has 74 valence electrons. The normalized spacial score (nSPS) is 27.4. The minimum atomic E-state index is 0.446. The summed E-state index contributed by atoms with van der Waals surface area (Å²) in [6.45, 7) is 0. The molecule has 1 heteroatoms. The van der Waals surface area contributed by atoms with E-state index in [1.165, 1.54) is 21.3 Å². The van der Waals surface area contributed by atoms with Crippen LogP contribution in [0.4, 0.5) is 0 Å². The molecule has 0 atom stereocenters. The van der Waals surface area contributed by atoms with Gasteiger partial charge >= 0.3 is 91.8 Å². The van der Waals surface area contributed by atoms with E-state index in [1.807, 2.05) is 0 Å². The zero-order valence-electron chi connectivity index (χ0n) is 8.73. The maximum atomic E-state index is 1.61. The third kappa shape index (κ3) is 3.40. The van der Waals surface area contributed by atoms with Crippen LogP contribution in [0, 0.1) is 0 Å². The van der Waals surface area contributed by atoms with Crippen LogP contribution >= 0.6 is 0 Å². The SMILES string of the molecule is C1CC[CH]([Ti][CH]2CCCCC2)CC1. The molecule has 2 aliphatic rings. The molecule has 0 nitrogen and oxygen atoms in total. The van der Waals surface area contributed by atoms with Gasteiger partial charge in [-0.15, -0.1) is 0 Å². The Morgan fingerprint density at radius 3 is 1.31 bits per heavy atom. The van der Waals surface area contributed by atoms with Crippen molar-refractivity contribution in [3.8, 4) is 0 Å². The molecule has 0 spiro atoms. The molecule has 2 saturated carbocycles. The Labute approximate surface area is 91.8 Å². The molecular formula is C12H22Ti. The van der Waals surface area contributed by atoms with Gasteiger partial charge in [0.15, 0.2) is 0 Å². The summed E-state index contributed by atoms with van der Waals surface area (Å²) in [7, 11) is 0. The number of rotatable bonds is 2. The van der Waals surface area contributed by atoms with E-state index in [-0.39, 0.29) is 0 Å². The van der Waals surface area contributed by atoms with Crippen LogP contribution in [0.15, 0.2) is 0 Å². The first-order valence-corrected chi connectivity index (χ1v) is 8.01. The molecule has 0 unspecified atom stereocenters. The minimum absolute atomic E-state index is 0.446. The van der Waals surface area contributed by atoms with E-state index < -0.39 is 0 Å². The van der Waals surface area contributed by atoms with E-state index in [0.29, 0.717) is 19.2 Å². The fourth-order valence-electron chi connectivity index (χ4n) is 2.87. The zero-order valence-corrected chi connectivity index (χ0v) is 10.3. The van der Waals surface area contributed by atoms with Crippen molar-refractivity contribution in [1.29, 1.82) is 0 Å². The Kier molecular flexibility index (Phi) is 4.38. The topological polar surface area (TPSA) is 0 Å². The van der Waals surface area contributed by atoms with Gasteiger partial charge in [0.25, 0.3) is 0 Å². The van der Waals surface area contributed by atoms with Crippen LogP contribution in [0.1, 0.15) is 64.2 Å². The van der Waals surface area contributed by atoms with Gasteiger partial charge in [-0.2, -0.15) is 0 Å². The summed E-state index contributed by atoms with van der Waals surface area (Å²) in [5.41, 5.74) is 0. The molecule has 2 fully saturated rings. The van der Waals surface area contributed by atoms with Crippen LogP contribution in [-0.2, 0) is 19.2 Å². The second-order valence-corrected chi connectivity index (χ2v) is 7.91. The van der Waals surface area contributed by atoms with Crippen molar-refractivity contribution in [1.82, 2.24) is 0 Å². The molecule has 0 amide bonds. The quantitative estimate of drug-likeness (QED) is 0.590. The fourth-order valence-corrected chi connectivity index (χ4v) is 6.23. The molecule has 0 aliphatic heterocycles. The van der Waals surface area contributed by atoms with Crippen molar-refractivity contribution >= 4 is 0 Å². The van der Waals surface area contributed by atoms with E-state index in [4.69, 9.17) is 0 Å². The predicted molar refractivity (Wildman–Crippen MR) is 53.7 cm³/mol. The molecular weight excluding hydrogens is 192 g/mol. The van der Waals surface area contributed by atoms with Crippen LogP contribution in [0.5, 0.6) is 0 Å². The summed E-state index contributed by atoms with van der Waals surface area (Å²) in [4.78, 5) is 0. The Hall–Kier alpha value is 0.714. The van der Waals surface area contributed by atoms with Gasteiger partial charge in [0.1, 0.15) is 0 Å². The summed E-state index contributed by atoms with van der Waals surface area (Å²) in [6.07, 6.45) is 15.7. The average Bonchev–Trinajstić information content (AvgIpc) is 2.21. The van der Waals surface area contributed by atoms with Crippen molar-refractivity contribution in [3.05, 3.63) is 0 Å². The van der Waals surface area contributed by atoms with Crippen LogP contribution < -0.4 is 0 Å². The van der Waals surface area contributed by atoms with Crippen LogP contribution in [-0.4, -0.2) is 0 Å². The molecule has 0 saturated heterocycles. The second kappa shape index (κ2) is 5.56. The number of hydrogen-bond acceptors (Lipinski definition) is 0. The average molecular weight is 214 g/mol. The maximum absolute atomic E-state index is 1.61. The van der Waals surface area contributed by atoms with E-state index in [0.717, 1.165) is 0 Å². The van der Waals surface area contributed by atoms with Gasteiger partial charge in [-0.25, -0.2) is 0 Å². The van der Waals surface area contributed by atoms with Crippen molar-refractivity contribution in [2.75, 3.05) is 0 Å². The summed E-state index contributed by atoms with van der Waals surface area (Å²) in [5, 5.41) is 0. The van der Waals surface area contributed by atoms with Gasteiger partial charge in [0.2, 0.25) is 0 Å². The van der Waals surface area contributed by atoms with E-state index in [1.54, 1.807) is 51.4 Å². The van der Waals surface area contributed by atoms with Gasteiger partial charge in [-0.3, -0.25) is 0 Å². The van der Waals surface area contributed by atoms with Crippen molar-refractivity contribution in [2.45, 2.75) is 72.7 Å². The molecule has 2 aliphatic carbocycles. The van der Waals surface area contributed by atoms with Gasteiger partial charge in [-0.1, -0.05) is 0 Å². The first kappa shape index (κ1) is 10.2. The van der Waals surface area contributed by atoms with E-state index >= 15 is 0 Å². The summed E-state index contributed by atoms with van der Waals surface area (Å²) in [6, 6.07) is 0. The zero-order chi connectivity index (χ0) is 8.93. The fraction of sp³-hybridized carbons (Fsp3) is 1.00. The third-order valence-electron chi connectivity index (χ3n) is 3.68. The molecule has 0 radical (unpaired) electrons. The molecule has 0 bridgehead atoms. The molecule has 0 heterocycles. The molecule has 0 aromatic carbocycles. The Morgan fingerprint density at radius 2 is 0.923 bits per heavy atom. The van der Waals surface area contributed by atoms with Crippen molar-refractivity contribution < 1.29 is 19.2 Å². The predicted octanol–water partition coefficient (Wildman–Crippen LogP) is 4.57. The van der Waals surface area contributed by atoms with Gasteiger partial charge in [0, 0.05) is 0 Å². The van der Waals surface area contributed by atoms with Gasteiger partial charge in [-0.05, 0) is 0 Å². The summed E-state index contributed by atoms with van der Waals surface area (Å²) < 4.78 is 2.49. The third-order valence-corrected chi connectivity index (χ3v) is 6.96. The Morgan fingerprint density at radius 1 is 0.538 bits per heavy atom. The van der Waals surface area contributed by atoms with Crippen LogP contribution in [0.2, 0.25) is 8.45 Å². The number of hydrogen-bond donors (Lipinski definition) is 0. The first-order valence-electron chi connectivity index (χ1n) is 6.21. The Bertz CT molecular complexity index is 116. The van der Waals surface area contributed by atoms with Crippen molar-refractivity contribution in [2.24, 2.45) is 0 Å². The molecule has 13 heavy (non-hydrogen) atoms. The standard InChI is InChI=1S/2C6H11.Ti/c2*1-2-4-6-5-3-1;/h2*1H,2-6H2;. The Balaban J connectivity index is 1.69. The summed E-state index contributed by atoms with van der Waals surface area (Å²) in [5.74, 6) is 0. The second-order valence-electron chi connectivity index (χ2n) is 4.84. The summed E-state index contributed by atoms with van der Waals surface area (Å²) >= 11 is 0.446. The van der Waals surface area contributed by atoms with Gasteiger partial charge in [0.05, 0.1) is 0 Å². The molecule has 2 rings (SSSR count). The first-order chi connectivity index (χ1) is 6.45. The molecule has 0 aromatic heterocycles. The molecule has 0 aromatic rings. The van der Waals surface area contributed by atoms with E-state index in [9.17, 15) is 0 Å². The van der Waals surface area contributed by atoms with E-state index in [2.05, 4.69) is 0 Å². The van der Waals surface area contributed by atoms with Crippen LogP contribution in [0.25, 0.3) is 0 Å². The van der Waals surface area contributed by atoms with Gasteiger partial charge < -0.3 is 0 Å². The van der Waals surface area contributed by atoms with Crippen LogP contribution in [0.3, 0.4) is 0 Å². The molecule has 0 N–H and O–H groups in total. The van der Waals surface area contributed by atoms with Crippen molar-refractivity contribution in [3.63, 3.8) is 0 Å².